The number of carbonyl (C=O) groups excluding carboxylic acids is 3. The second-order valence-corrected chi connectivity index (χ2v) is 17.9. The fourth-order valence-corrected chi connectivity index (χ4v) is 8.95. The molecule has 0 radical (unpaired) electrons. The van der Waals surface area contributed by atoms with Crippen molar-refractivity contribution in [1.29, 1.82) is 0 Å². The molecular formula is C53H58ClN5O10. The number of rotatable bonds is 21. The van der Waals surface area contributed by atoms with Gasteiger partial charge in [-0.1, -0.05) is 91.5 Å². The van der Waals surface area contributed by atoms with Crippen molar-refractivity contribution in [2.24, 2.45) is 5.92 Å². The minimum absolute atomic E-state index is 0.103. The number of methoxy groups -OCH3 is 1. The summed E-state index contributed by atoms with van der Waals surface area (Å²) in [5, 5.41) is 43.1. The highest BCUT2D eigenvalue weighted by molar-refractivity contribution is 6.34. The van der Waals surface area contributed by atoms with Gasteiger partial charge in [-0.3, -0.25) is 19.3 Å². The maximum Gasteiger partial charge on any atom is 0.347 e. The third-order valence-corrected chi connectivity index (χ3v) is 12.8. The fraction of sp³-hybridized carbons (Fsp3) is 0.321. The van der Waals surface area contributed by atoms with Crippen molar-refractivity contribution in [3.63, 3.8) is 0 Å². The zero-order valence-corrected chi connectivity index (χ0v) is 39.2. The number of aromatic hydroxyl groups is 1. The summed E-state index contributed by atoms with van der Waals surface area (Å²) >= 11 is 6.60. The van der Waals surface area contributed by atoms with Crippen LogP contribution in [0.15, 0.2) is 133 Å². The number of allylic oxidation sites excluding steroid dienone is 2. The number of esters is 1. The largest absolute Gasteiger partial charge is 0.506 e. The van der Waals surface area contributed by atoms with Gasteiger partial charge in [0.15, 0.2) is 6.61 Å². The van der Waals surface area contributed by atoms with E-state index in [0.717, 1.165) is 38.0 Å². The van der Waals surface area contributed by atoms with Crippen LogP contribution in [0.25, 0.3) is 10.9 Å². The second-order valence-electron chi connectivity index (χ2n) is 17.4. The topological polar surface area (TPSA) is 212 Å². The Hall–Kier alpha value is -6.75. The molecule has 1 saturated heterocycles. The fourth-order valence-electron chi connectivity index (χ4n) is 8.68. The van der Waals surface area contributed by atoms with E-state index >= 15 is 0 Å². The van der Waals surface area contributed by atoms with E-state index in [1.165, 1.54) is 25.3 Å². The number of piperidine rings is 1. The van der Waals surface area contributed by atoms with Gasteiger partial charge in [0.2, 0.25) is 11.2 Å². The van der Waals surface area contributed by atoms with Crippen LogP contribution in [0.1, 0.15) is 64.4 Å². The molecule has 4 aromatic carbocycles. The number of fused-ring (bicyclic) bond motifs is 1. The Bertz CT molecular complexity index is 2750. The third-order valence-electron chi connectivity index (χ3n) is 12.5. The first kappa shape index (κ1) is 50.1. The van der Waals surface area contributed by atoms with E-state index in [1.54, 1.807) is 78.9 Å². The predicted octanol–water partition coefficient (Wildman–Crippen LogP) is 5.96. The molecule has 1 aliphatic carbocycles. The van der Waals surface area contributed by atoms with E-state index in [-0.39, 0.29) is 88.9 Å². The number of H-pyrrole nitrogens is 1. The number of halogens is 1. The Kier molecular flexibility index (Phi) is 16.7. The standard InChI is InChI=1S/C53H58ClN5O10/c1-4-5-10-33(2)30-59-21-19-34(20-22-59)31-69-52(65)53(66,36-11-7-6-8-12-36)37-13-9-14-40(24-37)68-32-49(63)56-38-25-39(26-38)57-51(64)43-27-47(67-3)35(23-44(43)54)28-55-29-46(61)41-15-17-45(60)50-42(41)16-18-48(62)58-50/h4-18,23-24,27,34,38-39,46,55,60-61,66H,1-2,19-22,25-26,28-32H2,3H3,(H,56,63)(H,57,64)(H,58,62)/b10-5-/t38?,39?,46-,53?/m0/s1. The first-order chi connectivity index (χ1) is 33.2. The van der Waals surface area contributed by atoms with Gasteiger partial charge in [-0.2, -0.15) is 0 Å². The highest BCUT2D eigenvalue weighted by Crippen LogP contribution is 2.35. The number of pyridine rings is 1. The number of phenols is 1. The number of aromatic amines is 1. The van der Waals surface area contributed by atoms with E-state index in [0.29, 0.717) is 40.7 Å². The zero-order chi connectivity index (χ0) is 49.1. The van der Waals surface area contributed by atoms with Gasteiger partial charge in [0.1, 0.15) is 17.2 Å². The molecule has 1 unspecified atom stereocenters. The van der Waals surface area contributed by atoms with Gasteiger partial charge in [-0.15, -0.1) is 0 Å². The molecular weight excluding hydrogens is 902 g/mol. The predicted molar refractivity (Wildman–Crippen MR) is 263 cm³/mol. The molecule has 2 heterocycles. The number of aliphatic hydroxyl groups is 2. The summed E-state index contributed by atoms with van der Waals surface area (Å²) in [6, 6.07) is 23.6. The smallest absolute Gasteiger partial charge is 0.347 e. The number of hydrogen-bond acceptors (Lipinski definition) is 12. The number of carbonyl (C=O) groups is 3. The number of aliphatic hydroxyl groups excluding tert-OH is 1. The lowest BCUT2D eigenvalue weighted by Gasteiger charge is -2.36. The Morgan fingerprint density at radius 1 is 0.971 bits per heavy atom. The molecule has 5 aromatic rings. The molecule has 16 heteroatoms. The van der Waals surface area contributed by atoms with Crippen LogP contribution in [0, 0.1) is 5.92 Å². The molecule has 1 aromatic heterocycles. The van der Waals surface area contributed by atoms with E-state index in [9.17, 15) is 34.5 Å². The van der Waals surface area contributed by atoms with Gasteiger partial charge < -0.3 is 50.5 Å². The summed E-state index contributed by atoms with van der Waals surface area (Å²) in [6.45, 7) is 10.4. The Balaban J connectivity index is 0.869. The van der Waals surface area contributed by atoms with Crippen molar-refractivity contribution in [2.75, 3.05) is 46.5 Å². The average Bonchev–Trinajstić information content (AvgIpc) is 3.34. The maximum absolute atomic E-state index is 13.8. The van der Waals surface area contributed by atoms with Crippen LogP contribution in [-0.4, -0.2) is 102 Å². The van der Waals surface area contributed by atoms with Gasteiger partial charge in [-0.25, -0.2) is 4.79 Å². The van der Waals surface area contributed by atoms with Gasteiger partial charge in [0, 0.05) is 54.3 Å². The molecule has 7 rings (SSSR count). The summed E-state index contributed by atoms with van der Waals surface area (Å²) in [5.41, 5.74) is 0.663. The molecule has 362 valence electrons. The van der Waals surface area contributed by atoms with Gasteiger partial charge in [-0.05, 0) is 97.8 Å². The number of amides is 2. The molecule has 1 saturated carbocycles. The molecule has 0 spiro atoms. The maximum atomic E-state index is 13.8. The number of ether oxygens (including phenoxy) is 3. The highest BCUT2D eigenvalue weighted by Gasteiger charge is 2.42. The third kappa shape index (κ3) is 12.5. The van der Waals surface area contributed by atoms with Crippen LogP contribution in [0.3, 0.4) is 0 Å². The number of phenolic OH excluding ortho intramolecular Hbond substituents is 1. The molecule has 15 nitrogen and oxygen atoms in total. The van der Waals surface area contributed by atoms with Crippen LogP contribution in [0.5, 0.6) is 17.2 Å². The minimum Gasteiger partial charge on any atom is -0.506 e. The van der Waals surface area contributed by atoms with Crippen LogP contribution in [0.2, 0.25) is 5.02 Å². The number of aromatic nitrogens is 1. The molecule has 0 bridgehead atoms. The number of benzene rings is 4. The summed E-state index contributed by atoms with van der Waals surface area (Å²) in [5.74, 6) is -0.869. The van der Waals surface area contributed by atoms with Crippen LogP contribution in [-0.2, 0) is 26.5 Å². The quantitative estimate of drug-likeness (QED) is 0.0336. The van der Waals surface area contributed by atoms with Crippen LogP contribution < -0.4 is 31.0 Å². The highest BCUT2D eigenvalue weighted by atomic mass is 35.5. The second kappa shape index (κ2) is 23.0. The van der Waals surface area contributed by atoms with Crippen LogP contribution in [0.4, 0.5) is 0 Å². The van der Waals surface area contributed by atoms with Crippen molar-refractivity contribution in [1.82, 2.24) is 25.8 Å². The lowest BCUT2D eigenvalue weighted by molar-refractivity contribution is -0.164. The first-order valence-electron chi connectivity index (χ1n) is 22.8. The molecule has 2 amide bonds. The Morgan fingerprint density at radius 2 is 1.71 bits per heavy atom. The first-order valence-corrected chi connectivity index (χ1v) is 23.2. The summed E-state index contributed by atoms with van der Waals surface area (Å²) in [6.07, 6.45) is 7.18. The molecule has 69 heavy (non-hydrogen) atoms. The van der Waals surface area contributed by atoms with E-state index in [4.69, 9.17) is 25.8 Å². The SMILES string of the molecule is C=C/C=C\C(=C)CN1CCC(COC(=O)C(O)(c2ccccc2)c2cccc(OCC(=O)NC3CC(NC(=O)c4cc(OC)c(CNC[C@H](O)c5ccc(O)c6[nH]c(=O)ccc56)cc4Cl)C3)c2)CC1. The zero-order valence-electron chi connectivity index (χ0n) is 38.4. The summed E-state index contributed by atoms with van der Waals surface area (Å²) in [7, 11) is 1.48. The van der Waals surface area contributed by atoms with Gasteiger partial charge in [0.25, 0.3) is 11.8 Å². The van der Waals surface area contributed by atoms with Gasteiger partial charge >= 0.3 is 5.97 Å². The monoisotopic (exact) mass is 959 g/mol. The minimum atomic E-state index is -2.14. The summed E-state index contributed by atoms with van der Waals surface area (Å²) in [4.78, 5) is 56.9. The average molecular weight is 961 g/mol. The number of nitrogens with zero attached hydrogens (tertiary/aromatic N) is 1. The molecule has 2 fully saturated rings. The molecule has 2 atom stereocenters. The normalized spacial score (nSPS) is 17.6. The van der Waals surface area contributed by atoms with Crippen molar-refractivity contribution in [3.05, 3.63) is 171 Å². The van der Waals surface area contributed by atoms with E-state index in [2.05, 4.69) is 39.0 Å². The van der Waals surface area contributed by atoms with Crippen LogP contribution >= 0.6 is 11.6 Å². The molecule has 7 N–H and O–H groups in total. The number of likely N-dealkylation sites (tertiary alicyclic amines) is 1. The van der Waals surface area contributed by atoms with E-state index < -0.39 is 23.6 Å². The van der Waals surface area contributed by atoms with Gasteiger partial charge in [0.05, 0.1) is 35.9 Å². The summed E-state index contributed by atoms with van der Waals surface area (Å²) < 4.78 is 17.3. The number of nitrogens with one attached hydrogen (secondary N) is 4. The Labute approximate surface area is 405 Å². The molecule has 1 aliphatic heterocycles. The van der Waals surface area contributed by atoms with Crippen molar-refractivity contribution in [2.45, 2.75) is 56.0 Å². The Morgan fingerprint density at radius 3 is 2.45 bits per heavy atom. The van der Waals surface area contributed by atoms with Crippen molar-refractivity contribution in [3.8, 4) is 17.2 Å². The molecule has 2 aliphatic rings. The van der Waals surface area contributed by atoms with Crippen molar-refractivity contribution < 1.29 is 43.9 Å². The number of hydrogen-bond donors (Lipinski definition) is 7. The van der Waals surface area contributed by atoms with Crippen molar-refractivity contribution >= 4 is 40.3 Å². The lowest BCUT2D eigenvalue weighted by atomic mass is 9.86. The lowest BCUT2D eigenvalue weighted by Crippen LogP contribution is -2.54. The van der Waals surface area contributed by atoms with E-state index in [1.807, 2.05) is 12.2 Å².